The van der Waals surface area contributed by atoms with Gasteiger partial charge in [0.25, 0.3) is 0 Å². The first-order chi connectivity index (χ1) is 9.15. The summed E-state index contributed by atoms with van der Waals surface area (Å²) in [6, 6.07) is 9.98. The quantitative estimate of drug-likeness (QED) is 0.687. The minimum absolute atomic E-state index is 0.237. The zero-order valence-electron chi connectivity index (χ0n) is 10.3. The van der Waals surface area contributed by atoms with Crippen molar-refractivity contribution in [2.75, 3.05) is 0 Å². The van der Waals surface area contributed by atoms with Crippen LogP contribution >= 0.6 is 15.9 Å². The van der Waals surface area contributed by atoms with Crippen LogP contribution in [-0.2, 0) is 12.8 Å². The Labute approximate surface area is 119 Å². The molecule has 0 amide bonds. The molecule has 0 spiro atoms. The highest BCUT2D eigenvalue weighted by molar-refractivity contribution is 9.09. The lowest BCUT2D eigenvalue weighted by atomic mass is 10.00. The molecule has 0 aromatic heterocycles. The number of fused-ring (bicyclic) bond motifs is 1. The lowest BCUT2D eigenvalue weighted by Crippen LogP contribution is -1.98. The van der Waals surface area contributed by atoms with Crippen LogP contribution in [0.25, 0.3) is 0 Å². The van der Waals surface area contributed by atoms with Gasteiger partial charge in [0, 0.05) is 11.6 Å². The molecule has 3 rings (SSSR count). The molecule has 0 radical (unpaired) electrons. The van der Waals surface area contributed by atoms with E-state index in [1.807, 2.05) is 6.07 Å². The Kier molecular flexibility index (Phi) is 3.40. The first-order valence-electron chi connectivity index (χ1n) is 6.36. The van der Waals surface area contributed by atoms with E-state index in [-0.39, 0.29) is 4.83 Å². The Hall–Kier alpha value is -1.22. The van der Waals surface area contributed by atoms with Gasteiger partial charge in [-0.1, -0.05) is 40.2 Å². The molecule has 0 aliphatic heterocycles. The van der Waals surface area contributed by atoms with Crippen LogP contribution < -0.4 is 0 Å². The van der Waals surface area contributed by atoms with Gasteiger partial charge in [-0.05, 0) is 42.0 Å². The van der Waals surface area contributed by atoms with Gasteiger partial charge >= 0.3 is 0 Å². The molecule has 1 aliphatic rings. The maximum absolute atomic E-state index is 13.8. The van der Waals surface area contributed by atoms with E-state index < -0.39 is 11.6 Å². The maximum Gasteiger partial charge on any atom is 0.130 e. The average molecular weight is 323 g/mol. The van der Waals surface area contributed by atoms with E-state index in [2.05, 4.69) is 28.1 Å². The Morgan fingerprint density at radius 3 is 2.53 bits per heavy atom. The fourth-order valence-corrected chi connectivity index (χ4v) is 3.29. The standard InChI is InChI=1S/C16H13BrF2/c17-16(14-7-6-13(18)9-15(14)19)12-5-4-10-2-1-3-11(10)8-12/h4-9,16H,1-3H2. The molecule has 0 nitrogen and oxygen atoms in total. The van der Waals surface area contributed by atoms with Gasteiger partial charge in [-0.15, -0.1) is 0 Å². The molecule has 0 heterocycles. The lowest BCUT2D eigenvalue weighted by Gasteiger charge is -2.13. The summed E-state index contributed by atoms with van der Waals surface area (Å²) in [5.74, 6) is -1.06. The second-order valence-electron chi connectivity index (χ2n) is 4.91. The zero-order valence-corrected chi connectivity index (χ0v) is 11.9. The molecule has 98 valence electrons. The van der Waals surface area contributed by atoms with E-state index in [0.717, 1.165) is 24.5 Å². The minimum atomic E-state index is -0.546. The summed E-state index contributed by atoms with van der Waals surface area (Å²) < 4.78 is 26.7. The van der Waals surface area contributed by atoms with Gasteiger partial charge in [0.05, 0.1) is 4.83 Å². The summed E-state index contributed by atoms with van der Waals surface area (Å²) >= 11 is 3.52. The molecule has 3 heteroatoms. The summed E-state index contributed by atoms with van der Waals surface area (Å²) in [5.41, 5.74) is 4.23. The molecule has 1 aliphatic carbocycles. The Bertz CT molecular complexity index is 622. The molecular formula is C16H13BrF2. The van der Waals surface area contributed by atoms with Crippen LogP contribution in [0, 0.1) is 11.6 Å². The fraction of sp³-hybridized carbons (Fsp3) is 0.250. The molecule has 0 fully saturated rings. The highest BCUT2D eigenvalue weighted by Gasteiger charge is 2.18. The van der Waals surface area contributed by atoms with Gasteiger partial charge in [0.15, 0.2) is 0 Å². The van der Waals surface area contributed by atoms with Crippen LogP contribution in [0.4, 0.5) is 8.78 Å². The van der Waals surface area contributed by atoms with Crippen LogP contribution in [0.15, 0.2) is 36.4 Å². The van der Waals surface area contributed by atoms with Crippen molar-refractivity contribution in [2.24, 2.45) is 0 Å². The lowest BCUT2D eigenvalue weighted by molar-refractivity contribution is 0.574. The molecule has 0 saturated heterocycles. The van der Waals surface area contributed by atoms with Crippen LogP contribution in [0.5, 0.6) is 0 Å². The fourth-order valence-electron chi connectivity index (χ4n) is 2.64. The van der Waals surface area contributed by atoms with Crippen LogP contribution in [0.1, 0.15) is 33.5 Å². The number of hydrogen-bond donors (Lipinski definition) is 0. The molecule has 1 atom stereocenters. The van der Waals surface area contributed by atoms with Crippen molar-refractivity contribution in [2.45, 2.75) is 24.1 Å². The highest BCUT2D eigenvalue weighted by atomic mass is 79.9. The van der Waals surface area contributed by atoms with Crippen molar-refractivity contribution in [1.29, 1.82) is 0 Å². The van der Waals surface area contributed by atoms with Gasteiger partial charge in [-0.2, -0.15) is 0 Å². The van der Waals surface area contributed by atoms with Crippen LogP contribution in [0.2, 0.25) is 0 Å². The third kappa shape index (κ3) is 2.44. The van der Waals surface area contributed by atoms with Crippen molar-refractivity contribution < 1.29 is 8.78 Å². The zero-order chi connectivity index (χ0) is 13.4. The second-order valence-corrected chi connectivity index (χ2v) is 5.83. The van der Waals surface area contributed by atoms with Gasteiger partial charge < -0.3 is 0 Å². The number of aryl methyl sites for hydroxylation is 2. The Balaban J connectivity index is 1.97. The average Bonchev–Trinajstić information content (AvgIpc) is 2.85. The van der Waals surface area contributed by atoms with Crippen molar-refractivity contribution in [1.82, 2.24) is 0 Å². The van der Waals surface area contributed by atoms with Gasteiger partial charge in [0.2, 0.25) is 0 Å². The highest BCUT2D eigenvalue weighted by Crippen LogP contribution is 2.35. The van der Waals surface area contributed by atoms with Gasteiger partial charge in [-0.25, -0.2) is 8.78 Å². The third-order valence-corrected chi connectivity index (χ3v) is 4.67. The number of benzene rings is 2. The molecule has 0 N–H and O–H groups in total. The van der Waals surface area contributed by atoms with E-state index in [1.54, 1.807) is 0 Å². The Morgan fingerprint density at radius 1 is 0.947 bits per heavy atom. The van der Waals surface area contributed by atoms with Crippen molar-refractivity contribution in [3.05, 3.63) is 70.3 Å². The third-order valence-electron chi connectivity index (χ3n) is 3.65. The molecule has 19 heavy (non-hydrogen) atoms. The maximum atomic E-state index is 13.8. The topological polar surface area (TPSA) is 0 Å². The first kappa shape index (κ1) is 12.8. The second kappa shape index (κ2) is 5.04. The normalized spacial score (nSPS) is 15.3. The molecule has 1 unspecified atom stereocenters. The molecular weight excluding hydrogens is 310 g/mol. The van der Waals surface area contributed by atoms with E-state index >= 15 is 0 Å². The molecule has 0 saturated carbocycles. The summed E-state index contributed by atoms with van der Waals surface area (Å²) in [4.78, 5) is -0.237. The predicted octanol–water partition coefficient (Wildman–Crippen LogP) is 4.94. The monoisotopic (exact) mass is 322 g/mol. The summed E-state index contributed by atoms with van der Waals surface area (Å²) in [6.07, 6.45) is 3.42. The largest absolute Gasteiger partial charge is 0.207 e. The number of halogens is 3. The van der Waals surface area contributed by atoms with E-state index in [0.29, 0.717) is 5.56 Å². The molecule has 2 aromatic carbocycles. The Morgan fingerprint density at radius 2 is 1.74 bits per heavy atom. The minimum Gasteiger partial charge on any atom is -0.207 e. The number of alkyl halides is 1. The SMILES string of the molecule is Fc1ccc(C(Br)c2ccc3c(c2)CCC3)c(F)c1. The smallest absolute Gasteiger partial charge is 0.130 e. The summed E-state index contributed by atoms with van der Waals surface area (Å²) in [5, 5.41) is 0. The summed E-state index contributed by atoms with van der Waals surface area (Å²) in [7, 11) is 0. The van der Waals surface area contributed by atoms with E-state index in [1.165, 1.54) is 29.7 Å². The molecule has 2 aromatic rings. The van der Waals surface area contributed by atoms with E-state index in [9.17, 15) is 8.78 Å². The van der Waals surface area contributed by atoms with Crippen molar-refractivity contribution in [3.63, 3.8) is 0 Å². The first-order valence-corrected chi connectivity index (χ1v) is 7.27. The number of rotatable bonds is 2. The van der Waals surface area contributed by atoms with Crippen molar-refractivity contribution >= 4 is 15.9 Å². The van der Waals surface area contributed by atoms with Gasteiger partial charge in [-0.3, -0.25) is 0 Å². The van der Waals surface area contributed by atoms with Crippen LogP contribution in [0.3, 0.4) is 0 Å². The van der Waals surface area contributed by atoms with Gasteiger partial charge in [0.1, 0.15) is 11.6 Å². The number of hydrogen-bond acceptors (Lipinski definition) is 0. The molecule has 0 bridgehead atoms. The predicted molar refractivity (Wildman–Crippen MR) is 75.6 cm³/mol. The van der Waals surface area contributed by atoms with E-state index in [4.69, 9.17) is 0 Å². The summed E-state index contributed by atoms with van der Waals surface area (Å²) in [6.45, 7) is 0. The van der Waals surface area contributed by atoms with Crippen molar-refractivity contribution in [3.8, 4) is 0 Å². The van der Waals surface area contributed by atoms with Crippen LogP contribution in [-0.4, -0.2) is 0 Å².